The van der Waals surface area contributed by atoms with Crippen LogP contribution in [0.25, 0.3) is 0 Å². The van der Waals surface area contributed by atoms with Crippen LogP contribution in [0.15, 0.2) is 23.4 Å². The number of rotatable bonds is 5. The summed E-state index contributed by atoms with van der Waals surface area (Å²) in [6.07, 6.45) is 0.760. The number of aromatic nitrogens is 1. The maximum absolute atomic E-state index is 6.15. The molecule has 5 heteroatoms. The summed E-state index contributed by atoms with van der Waals surface area (Å²) in [5.41, 5.74) is 5.62. The van der Waals surface area contributed by atoms with Crippen molar-refractivity contribution in [3.63, 3.8) is 0 Å². The molecule has 0 saturated carbocycles. The lowest BCUT2D eigenvalue weighted by atomic mass is 10.0. The van der Waals surface area contributed by atoms with Crippen LogP contribution in [0, 0.1) is 27.7 Å². The average molecular weight is 347 g/mol. The van der Waals surface area contributed by atoms with Crippen LogP contribution in [0.1, 0.15) is 41.3 Å². The fraction of sp³-hybridized carbons (Fsp3) is 0.368. The summed E-state index contributed by atoms with van der Waals surface area (Å²) in [4.78, 5) is 9.52. The Labute approximate surface area is 148 Å². The van der Waals surface area contributed by atoms with Crippen molar-refractivity contribution in [3.05, 3.63) is 51.2 Å². The van der Waals surface area contributed by atoms with E-state index in [-0.39, 0.29) is 0 Å². The third kappa shape index (κ3) is 3.88. The van der Waals surface area contributed by atoms with E-state index in [0.29, 0.717) is 10.9 Å². The standard InChI is InChI=1S/C19H23ClN2O2/c1-7-17(22-23-6)16-10-13(4)21-19(14(16)5)24-18-11(2)8-15(20)9-12(18)3/h8-10H,7H2,1-6H3/b22-17+. The first-order valence-electron chi connectivity index (χ1n) is 7.90. The molecule has 0 bridgehead atoms. The van der Waals surface area contributed by atoms with Gasteiger partial charge in [0.15, 0.2) is 0 Å². The normalized spacial score (nSPS) is 11.5. The molecule has 0 fully saturated rings. The predicted molar refractivity (Wildman–Crippen MR) is 98.5 cm³/mol. The van der Waals surface area contributed by atoms with E-state index in [2.05, 4.69) is 10.1 Å². The number of hydrogen-bond acceptors (Lipinski definition) is 4. The maximum Gasteiger partial charge on any atom is 0.223 e. The second-order valence-electron chi connectivity index (χ2n) is 5.79. The summed E-state index contributed by atoms with van der Waals surface area (Å²) in [7, 11) is 1.55. The number of aryl methyl sites for hydroxylation is 3. The van der Waals surface area contributed by atoms with E-state index in [1.165, 1.54) is 0 Å². The molecule has 24 heavy (non-hydrogen) atoms. The maximum atomic E-state index is 6.15. The molecule has 1 aromatic heterocycles. The number of benzene rings is 1. The zero-order valence-electron chi connectivity index (χ0n) is 15.0. The molecule has 128 valence electrons. The summed E-state index contributed by atoms with van der Waals surface area (Å²) in [6.45, 7) is 9.92. The lowest BCUT2D eigenvalue weighted by Crippen LogP contribution is -2.07. The zero-order valence-corrected chi connectivity index (χ0v) is 15.8. The van der Waals surface area contributed by atoms with Gasteiger partial charge in [-0.05, 0) is 63.4 Å². The van der Waals surface area contributed by atoms with Gasteiger partial charge in [0, 0.05) is 21.8 Å². The summed E-state index contributed by atoms with van der Waals surface area (Å²) in [6, 6.07) is 5.78. The molecule has 0 radical (unpaired) electrons. The molecule has 0 aliphatic carbocycles. The first-order chi connectivity index (χ1) is 11.4. The number of halogens is 1. The van der Waals surface area contributed by atoms with Crippen LogP contribution < -0.4 is 4.74 Å². The van der Waals surface area contributed by atoms with Crippen molar-refractivity contribution in [2.75, 3.05) is 7.11 Å². The molecular weight excluding hydrogens is 324 g/mol. The number of hydrogen-bond donors (Lipinski definition) is 0. The van der Waals surface area contributed by atoms with Gasteiger partial charge in [-0.1, -0.05) is 23.7 Å². The summed E-state index contributed by atoms with van der Waals surface area (Å²) >= 11 is 6.10. The van der Waals surface area contributed by atoms with E-state index in [0.717, 1.165) is 45.8 Å². The van der Waals surface area contributed by atoms with Crippen molar-refractivity contribution >= 4 is 17.3 Å². The Morgan fingerprint density at radius 3 is 2.29 bits per heavy atom. The van der Waals surface area contributed by atoms with Gasteiger partial charge in [-0.2, -0.15) is 0 Å². The lowest BCUT2D eigenvalue weighted by molar-refractivity contribution is 0.213. The Morgan fingerprint density at radius 2 is 1.75 bits per heavy atom. The minimum absolute atomic E-state index is 0.579. The van der Waals surface area contributed by atoms with E-state index in [4.69, 9.17) is 21.2 Å². The molecule has 0 aliphatic heterocycles. The Balaban J connectivity index is 2.53. The first kappa shape index (κ1) is 18.3. The van der Waals surface area contributed by atoms with E-state index in [9.17, 15) is 0 Å². The van der Waals surface area contributed by atoms with Crippen LogP contribution in [-0.2, 0) is 4.84 Å². The number of pyridine rings is 1. The van der Waals surface area contributed by atoms with Crippen LogP contribution in [-0.4, -0.2) is 17.8 Å². The second-order valence-corrected chi connectivity index (χ2v) is 6.22. The Hall–Kier alpha value is -2.07. The minimum atomic E-state index is 0.579. The summed E-state index contributed by atoms with van der Waals surface area (Å²) in [5.74, 6) is 1.36. The van der Waals surface area contributed by atoms with Gasteiger partial charge in [0.2, 0.25) is 5.88 Å². The van der Waals surface area contributed by atoms with E-state index in [1.54, 1.807) is 7.11 Å². The van der Waals surface area contributed by atoms with Crippen molar-refractivity contribution in [2.24, 2.45) is 5.16 Å². The smallest absolute Gasteiger partial charge is 0.223 e. The van der Waals surface area contributed by atoms with E-state index < -0.39 is 0 Å². The fourth-order valence-electron chi connectivity index (χ4n) is 2.68. The van der Waals surface area contributed by atoms with E-state index >= 15 is 0 Å². The van der Waals surface area contributed by atoms with Crippen molar-refractivity contribution in [1.82, 2.24) is 4.98 Å². The highest BCUT2D eigenvalue weighted by atomic mass is 35.5. The predicted octanol–water partition coefficient (Wildman–Crippen LogP) is 5.52. The number of ether oxygens (including phenoxy) is 1. The lowest BCUT2D eigenvalue weighted by Gasteiger charge is -2.16. The van der Waals surface area contributed by atoms with Crippen molar-refractivity contribution in [2.45, 2.75) is 41.0 Å². The minimum Gasteiger partial charge on any atom is -0.438 e. The van der Waals surface area contributed by atoms with Crippen LogP contribution >= 0.6 is 11.6 Å². The number of oxime groups is 1. The molecule has 0 spiro atoms. The van der Waals surface area contributed by atoms with Crippen LogP contribution in [0.4, 0.5) is 0 Å². The quantitative estimate of drug-likeness (QED) is 0.528. The SMILES string of the molecule is CC/C(=N\OC)c1cc(C)nc(Oc2c(C)cc(Cl)cc2C)c1C. The van der Waals surface area contributed by atoms with Crippen molar-refractivity contribution < 1.29 is 9.57 Å². The molecule has 4 nitrogen and oxygen atoms in total. The third-order valence-corrected chi connectivity index (χ3v) is 4.05. The topological polar surface area (TPSA) is 43.7 Å². The summed E-state index contributed by atoms with van der Waals surface area (Å²) in [5, 5.41) is 4.83. The third-order valence-electron chi connectivity index (χ3n) is 3.83. The van der Waals surface area contributed by atoms with Gasteiger partial charge in [0.05, 0.1) is 5.71 Å². The molecule has 1 aromatic carbocycles. The highest BCUT2D eigenvalue weighted by Gasteiger charge is 2.16. The average Bonchev–Trinajstić information content (AvgIpc) is 2.51. The molecule has 0 amide bonds. The Kier molecular flexibility index (Phi) is 5.84. The Morgan fingerprint density at radius 1 is 1.12 bits per heavy atom. The van der Waals surface area contributed by atoms with E-state index in [1.807, 2.05) is 52.8 Å². The van der Waals surface area contributed by atoms with Gasteiger partial charge in [-0.15, -0.1) is 0 Å². The molecule has 0 N–H and O–H groups in total. The monoisotopic (exact) mass is 346 g/mol. The highest BCUT2D eigenvalue weighted by Crippen LogP contribution is 2.33. The molecule has 2 aromatic rings. The molecule has 2 rings (SSSR count). The van der Waals surface area contributed by atoms with Crippen LogP contribution in [0.3, 0.4) is 0 Å². The van der Waals surface area contributed by atoms with Gasteiger partial charge in [-0.3, -0.25) is 0 Å². The van der Waals surface area contributed by atoms with Gasteiger partial charge >= 0.3 is 0 Å². The first-order valence-corrected chi connectivity index (χ1v) is 8.28. The molecule has 0 unspecified atom stereocenters. The van der Waals surface area contributed by atoms with Gasteiger partial charge in [0.25, 0.3) is 0 Å². The second kappa shape index (κ2) is 7.67. The molecule has 1 heterocycles. The largest absolute Gasteiger partial charge is 0.438 e. The highest BCUT2D eigenvalue weighted by molar-refractivity contribution is 6.30. The van der Waals surface area contributed by atoms with Gasteiger partial charge in [0.1, 0.15) is 12.9 Å². The van der Waals surface area contributed by atoms with Gasteiger partial charge in [-0.25, -0.2) is 4.98 Å². The fourth-order valence-corrected chi connectivity index (χ4v) is 3.00. The van der Waals surface area contributed by atoms with Gasteiger partial charge < -0.3 is 9.57 Å². The van der Waals surface area contributed by atoms with Crippen molar-refractivity contribution in [3.8, 4) is 11.6 Å². The van der Waals surface area contributed by atoms with Crippen LogP contribution in [0.5, 0.6) is 11.6 Å². The number of nitrogens with zero attached hydrogens (tertiary/aromatic N) is 2. The molecule has 0 saturated heterocycles. The zero-order chi connectivity index (χ0) is 17.9. The molecule has 0 aliphatic rings. The molecular formula is C19H23ClN2O2. The van der Waals surface area contributed by atoms with Crippen LogP contribution in [0.2, 0.25) is 5.02 Å². The van der Waals surface area contributed by atoms with Crippen molar-refractivity contribution in [1.29, 1.82) is 0 Å². The Bertz CT molecular complexity index is 762. The molecule has 0 atom stereocenters. The summed E-state index contributed by atoms with van der Waals surface area (Å²) < 4.78 is 6.15.